The minimum atomic E-state index is 0.969. The van der Waals surface area contributed by atoms with E-state index in [0.717, 1.165) is 38.2 Å². The van der Waals surface area contributed by atoms with Crippen LogP contribution in [-0.2, 0) is 6.54 Å². The molecule has 5 heteroatoms. The summed E-state index contributed by atoms with van der Waals surface area (Å²) >= 11 is 0. The molecule has 1 fully saturated rings. The summed E-state index contributed by atoms with van der Waals surface area (Å²) in [6.45, 7) is 5.35. The third-order valence-electron chi connectivity index (χ3n) is 3.01. The standard InChI is InChI=1S/C11H15N5/c1-4-15(5-2-12-1)9-10-7-14-16-6-3-13-8-11(10)16/h3,6-8,12H,1-2,4-5,9H2. The predicted molar refractivity (Wildman–Crippen MR) is 61.1 cm³/mol. The van der Waals surface area contributed by atoms with Crippen LogP contribution in [0.4, 0.5) is 0 Å². The molecule has 0 aromatic carbocycles. The summed E-state index contributed by atoms with van der Waals surface area (Å²) in [6, 6.07) is 0. The highest BCUT2D eigenvalue weighted by Crippen LogP contribution is 2.11. The first kappa shape index (κ1) is 9.74. The van der Waals surface area contributed by atoms with Crippen LogP contribution in [0.15, 0.2) is 24.8 Å². The van der Waals surface area contributed by atoms with Crippen LogP contribution in [0.3, 0.4) is 0 Å². The van der Waals surface area contributed by atoms with Crippen molar-refractivity contribution in [2.24, 2.45) is 0 Å². The van der Waals surface area contributed by atoms with Crippen LogP contribution in [0.5, 0.6) is 0 Å². The Morgan fingerprint density at radius 2 is 2.12 bits per heavy atom. The zero-order valence-electron chi connectivity index (χ0n) is 9.13. The van der Waals surface area contributed by atoms with Crippen LogP contribution in [0.1, 0.15) is 5.56 Å². The van der Waals surface area contributed by atoms with Crippen molar-refractivity contribution in [2.75, 3.05) is 26.2 Å². The molecule has 3 heterocycles. The van der Waals surface area contributed by atoms with Crippen LogP contribution in [0.25, 0.3) is 5.52 Å². The van der Waals surface area contributed by atoms with Gasteiger partial charge in [0.15, 0.2) is 0 Å². The van der Waals surface area contributed by atoms with Gasteiger partial charge in [0.2, 0.25) is 0 Å². The van der Waals surface area contributed by atoms with E-state index in [9.17, 15) is 0 Å². The highest BCUT2D eigenvalue weighted by atomic mass is 15.2. The molecule has 2 aromatic heterocycles. The Balaban J connectivity index is 1.83. The van der Waals surface area contributed by atoms with Crippen molar-refractivity contribution in [2.45, 2.75) is 6.54 Å². The van der Waals surface area contributed by atoms with Crippen LogP contribution in [0.2, 0.25) is 0 Å². The Morgan fingerprint density at radius 1 is 1.25 bits per heavy atom. The average Bonchev–Trinajstić information content (AvgIpc) is 2.74. The third-order valence-corrected chi connectivity index (χ3v) is 3.01. The molecular weight excluding hydrogens is 202 g/mol. The molecule has 84 valence electrons. The zero-order valence-corrected chi connectivity index (χ0v) is 9.13. The fourth-order valence-electron chi connectivity index (χ4n) is 2.12. The normalized spacial score (nSPS) is 18.0. The van der Waals surface area contributed by atoms with Gasteiger partial charge in [-0.1, -0.05) is 0 Å². The Hall–Kier alpha value is -1.46. The minimum absolute atomic E-state index is 0.969. The van der Waals surface area contributed by atoms with Crippen molar-refractivity contribution < 1.29 is 0 Å². The summed E-state index contributed by atoms with van der Waals surface area (Å²) in [7, 11) is 0. The summed E-state index contributed by atoms with van der Waals surface area (Å²) in [5.74, 6) is 0. The largest absolute Gasteiger partial charge is 0.314 e. The second-order valence-electron chi connectivity index (χ2n) is 4.10. The van der Waals surface area contributed by atoms with Crippen molar-refractivity contribution in [3.05, 3.63) is 30.4 Å². The van der Waals surface area contributed by atoms with E-state index in [1.54, 1.807) is 6.20 Å². The Labute approximate surface area is 94.1 Å². The molecule has 0 atom stereocenters. The molecule has 0 aliphatic carbocycles. The van der Waals surface area contributed by atoms with Crippen LogP contribution < -0.4 is 5.32 Å². The maximum absolute atomic E-state index is 4.32. The molecule has 0 spiro atoms. The lowest BCUT2D eigenvalue weighted by Gasteiger charge is -2.26. The smallest absolute Gasteiger partial charge is 0.0889 e. The van der Waals surface area contributed by atoms with Crippen molar-refractivity contribution in [3.8, 4) is 0 Å². The second kappa shape index (κ2) is 4.19. The van der Waals surface area contributed by atoms with Gasteiger partial charge in [-0.25, -0.2) is 4.52 Å². The number of nitrogens with one attached hydrogen (secondary N) is 1. The summed E-state index contributed by atoms with van der Waals surface area (Å²) in [5, 5.41) is 7.68. The van der Waals surface area contributed by atoms with E-state index >= 15 is 0 Å². The van der Waals surface area contributed by atoms with Crippen molar-refractivity contribution in [1.82, 2.24) is 24.8 Å². The van der Waals surface area contributed by atoms with E-state index in [1.165, 1.54) is 5.56 Å². The third kappa shape index (κ3) is 1.79. The molecule has 1 aliphatic rings. The average molecular weight is 217 g/mol. The van der Waals surface area contributed by atoms with Gasteiger partial charge < -0.3 is 5.32 Å². The summed E-state index contributed by atoms with van der Waals surface area (Å²) < 4.78 is 1.88. The van der Waals surface area contributed by atoms with E-state index in [1.807, 2.05) is 23.1 Å². The lowest BCUT2D eigenvalue weighted by molar-refractivity contribution is 0.234. The molecule has 16 heavy (non-hydrogen) atoms. The second-order valence-corrected chi connectivity index (χ2v) is 4.10. The first-order valence-electron chi connectivity index (χ1n) is 5.63. The van der Waals surface area contributed by atoms with Gasteiger partial charge in [-0.3, -0.25) is 9.88 Å². The fourth-order valence-corrected chi connectivity index (χ4v) is 2.12. The molecule has 1 saturated heterocycles. The quantitative estimate of drug-likeness (QED) is 0.777. The number of fused-ring (bicyclic) bond motifs is 1. The van der Waals surface area contributed by atoms with Gasteiger partial charge in [-0.05, 0) is 0 Å². The van der Waals surface area contributed by atoms with E-state index in [2.05, 4.69) is 20.3 Å². The summed E-state index contributed by atoms with van der Waals surface area (Å²) in [6.07, 6.45) is 7.47. The first-order valence-corrected chi connectivity index (χ1v) is 5.63. The highest BCUT2D eigenvalue weighted by molar-refractivity contribution is 5.51. The van der Waals surface area contributed by atoms with E-state index < -0.39 is 0 Å². The van der Waals surface area contributed by atoms with Crippen LogP contribution in [0, 0.1) is 0 Å². The topological polar surface area (TPSA) is 45.5 Å². The van der Waals surface area contributed by atoms with Crippen LogP contribution >= 0.6 is 0 Å². The number of hydrogen-bond acceptors (Lipinski definition) is 4. The van der Waals surface area contributed by atoms with Gasteiger partial charge in [0.05, 0.1) is 17.9 Å². The van der Waals surface area contributed by atoms with Gasteiger partial charge in [0.25, 0.3) is 0 Å². The van der Waals surface area contributed by atoms with Crippen molar-refractivity contribution in [3.63, 3.8) is 0 Å². The number of aromatic nitrogens is 3. The Bertz CT molecular complexity index is 472. The molecule has 5 nitrogen and oxygen atoms in total. The molecule has 0 bridgehead atoms. The monoisotopic (exact) mass is 217 g/mol. The highest BCUT2D eigenvalue weighted by Gasteiger charge is 2.12. The lowest BCUT2D eigenvalue weighted by Crippen LogP contribution is -2.42. The van der Waals surface area contributed by atoms with E-state index in [-0.39, 0.29) is 0 Å². The van der Waals surface area contributed by atoms with Crippen molar-refractivity contribution in [1.29, 1.82) is 0 Å². The Morgan fingerprint density at radius 3 is 3.00 bits per heavy atom. The maximum atomic E-state index is 4.32. The molecule has 1 aliphatic heterocycles. The first-order chi connectivity index (χ1) is 7.93. The number of piperazine rings is 1. The predicted octanol–water partition coefficient (Wildman–Crippen LogP) is 0.134. The molecular formula is C11H15N5. The number of nitrogens with zero attached hydrogens (tertiary/aromatic N) is 4. The zero-order chi connectivity index (χ0) is 10.8. The van der Waals surface area contributed by atoms with Crippen molar-refractivity contribution >= 4 is 5.52 Å². The van der Waals surface area contributed by atoms with Crippen LogP contribution in [-0.4, -0.2) is 45.7 Å². The molecule has 0 unspecified atom stereocenters. The van der Waals surface area contributed by atoms with Gasteiger partial charge in [-0.15, -0.1) is 0 Å². The van der Waals surface area contributed by atoms with E-state index in [4.69, 9.17) is 0 Å². The Kier molecular flexibility index (Phi) is 2.55. The summed E-state index contributed by atoms with van der Waals surface area (Å²) in [4.78, 5) is 6.59. The lowest BCUT2D eigenvalue weighted by atomic mass is 10.2. The molecule has 1 N–H and O–H groups in total. The van der Waals surface area contributed by atoms with Gasteiger partial charge >= 0.3 is 0 Å². The maximum Gasteiger partial charge on any atom is 0.0889 e. The van der Waals surface area contributed by atoms with Gasteiger partial charge in [0, 0.05) is 50.7 Å². The minimum Gasteiger partial charge on any atom is -0.314 e. The fraction of sp³-hybridized carbons (Fsp3) is 0.455. The molecule has 2 aromatic rings. The summed E-state index contributed by atoms with van der Waals surface area (Å²) in [5.41, 5.74) is 2.37. The molecule has 0 saturated carbocycles. The number of hydrogen-bond donors (Lipinski definition) is 1. The van der Waals surface area contributed by atoms with Gasteiger partial charge in [-0.2, -0.15) is 5.10 Å². The molecule has 0 amide bonds. The SMILES string of the molecule is c1cn2ncc(CN3CCNCC3)c2cn1. The van der Waals surface area contributed by atoms with Gasteiger partial charge in [0.1, 0.15) is 0 Å². The molecule has 0 radical (unpaired) electrons. The number of rotatable bonds is 2. The molecule has 3 rings (SSSR count). The van der Waals surface area contributed by atoms with E-state index in [0.29, 0.717) is 0 Å².